The third-order valence-electron chi connectivity index (χ3n) is 4.99. The van der Waals surface area contributed by atoms with E-state index in [1.54, 1.807) is 27.7 Å². The predicted molar refractivity (Wildman–Crippen MR) is 95.9 cm³/mol. The lowest BCUT2D eigenvalue weighted by atomic mass is 10.1. The molecule has 0 N–H and O–H groups in total. The number of nitro groups is 1. The van der Waals surface area contributed by atoms with Gasteiger partial charge in [0.2, 0.25) is 0 Å². The van der Waals surface area contributed by atoms with E-state index >= 15 is 0 Å². The molecule has 3 aliphatic heterocycles. The van der Waals surface area contributed by atoms with Crippen molar-refractivity contribution >= 4 is 11.7 Å². The monoisotopic (exact) mass is 409 g/mol. The zero-order valence-corrected chi connectivity index (χ0v) is 16.5. The molecule has 3 saturated heterocycles. The molecule has 0 aromatic heterocycles. The second-order valence-electron chi connectivity index (χ2n) is 8.08. The van der Waals surface area contributed by atoms with Gasteiger partial charge < -0.3 is 28.4 Å². The van der Waals surface area contributed by atoms with Crippen molar-refractivity contribution in [1.29, 1.82) is 0 Å². The zero-order valence-electron chi connectivity index (χ0n) is 16.5. The fourth-order valence-corrected chi connectivity index (χ4v) is 3.81. The quantitative estimate of drug-likeness (QED) is 0.419. The Morgan fingerprint density at radius 2 is 1.83 bits per heavy atom. The maximum absolute atomic E-state index is 12.8. The van der Waals surface area contributed by atoms with Crippen LogP contribution in [-0.2, 0) is 28.4 Å². The van der Waals surface area contributed by atoms with Gasteiger partial charge in [-0.05, 0) is 33.8 Å². The smallest absolute Gasteiger partial charge is 0.345 e. The van der Waals surface area contributed by atoms with E-state index in [2.05, 4.69) is 0 Å². The SMILES string of the molecule is CC1(C)O[C@H]2O[C@H]([C@H]3COC(C)(C)O3)[C@H](OC(=O)c3ccccc3[N+](=O)[O-])[C@H]2O1. The number of para-hydroxylation sites is 1. The lowest BCUT2D eigenvalue weighted by Crippen LogP contribution is -2.45. The molecule has 0 amide bonds. The summed E-state index contributed by atoms with van der Waals surface area (Å²) in [5.74, 6) is -2.57. The van der Waals surface area contributed by atoms with Crippen LogP contribution in [0.5, 0.6) is 0 Å². The highest BCUT2D eigenvalue weighted by Crippen LogP contribution is 2.42. The third-order valence-corrected chi connectivity index (χ3v) is 4.99. The normalized spacial score (nSPS) is 34.7. The summed E-state index contributed by atoms with van der Waals surface area (Å²) in [5, 5.41) is 11.3. The van der Waals surface area contributed by atoms with Crippen LogP contribution in [0.1, 0.15) is 38.1 Å². The number of carbonyl (C=O) groups is 1. The Bertz CT molecular complexity index is 824. The molecule has 3 aliphatic rings. The van der Waals surface area contributed by atoms with Gasteiger partial charge in [-0.15, -0.1) is 0 Å². The van der Waals surface area contributed by atoms with E-state index in [0.717, 1.165) is 0 Å². The van der Waals surface area contributed by atoms with E-state index < -0.39 is 53.2 Å². The molecule has 158 valence electrons. The van der Waals surface area contributed by atoms with Crippen molar-refractivity contribution in [1.82, 2.24) is 0 Å². The maximum atomic E-state index is 12.8. The van der Waals surface area contributed by atoms with E-state index in [4.69, 9.17) is 28.4 Å². The summed E-state index contributed by atoms with van der Waals surface area (Å²) in [6, 6.07) is 5.60. The van der Waals surface area contributed by atoms with Crippen molar-refractivity contribution in [3.8, 4) is 0 Å². The molecular formula is C19H23NO9. The third kappa shape index (κ3) is 3.86. The van der Waals surface area contributed by atoms with Gasteiger partial charge in [0.05, 0.1) is 11.5 Å². The van der Waals surface area contributed by atoms with Crippen molar-refractivity contribution in [2.24, 2.45) is 0 Å². The second kappa shape index (κ2) is 6.99. The summed E-state index contributed by atoms with van der Waals surface area (Å²) in [6.07, 6.45) is -3.58. The number of hydrogen-bond acceptors (Lipinski definition) is 9. The van der Waals surface area contributed by atoms with Crippen LogP contribution in [0.2, 0.25) is 0 Å². The number of nitro benzene ring substituents is 1. The number of esters is 1. The second-order valence-corrected chi connectivity index (χ2v) is 8.08. The molecule has 0 radical (unpaired) electrons. The Hall–Kier alpha value is -2.11. The molecule has 0 spiro atoms. The van der Waals surface area contributed by atoms with Crippen molar-refractivity contribution in [3.63, 3.8) is 0 Å². The van der Waals surface area contributed by atoms with Crippen LogP contribution in [0.3, 0.4) is 0 Å². The van der Waals surface area contributed by atoms with Gasteiger partial charge in [-0.25, -0.2) is 4.79 Å². The van der Waals surface area contributed by atoms with Gasteiger partial charge in [0, 0.05) is 6.07 Å². The first kappa shape index (κ1) is 20.2. The van der Waals surface area contributed by atoms with Crippen LogP contribution in [0, 0.1) is 10.1 Å². The number of rotatable bonds is 4. The van der Waals surface area contributed by atoms with Crippen molar-refractivity contribution in [2.75, 3.05) is 6.61 Å². The zero-order chi connectivity index (χ0) is 21.0. The first-order valence-corrected chi connectivity index (χ1v) is 9.34. The van der Waals surface area contributed by atoms with E-state index in [1.165, 1.54) is 24.3 Å². The molecule has 0 saturated carbocycles. The predicted octanol–water partition coefficient (Wildman–Crippen LogP) is 2.15. The van der Waals surface area contributed by atoms with E-state index in [0.29, 0.717) is 0 Å². The van der Waals surface area contributed by atoms with Gasteiger partial charge in [0.1, 0.15) is 17.8 Å². The highest BCUT2D eigenvalue weighted by atomic mass is 16.8. The summed E-state index contributed by atoms with van der Waals surface area (Å²) in [4.78, 5) is 23.5. The van der Waals surface area contributed by atoms with Gasteiger partial charge in [-0.3, -0.25) is 10.1 Å². The van der Waals surface area contributed by atoms with E-state index in [1.807, 2.05) is 0 Å². The number of fused-ring (bicyclic) bond motifs is 1. The summed E-state index contributed by atoms with van der Waals surface area (Å²) < 4.78 is 34.8. The molecule has 0 bridgehead atoms. The number of benzene rings is 1. The molecule has 1 aromatic carbocycles. The van der Waals surface area contributed by atoms with E-state index in [-0.39, 0.29) is 17.9 Å². The van der Waals surface area contributed by atoms with Crippen LogP contribution in [0.15, 0.2) is 24.3 Å². The van der Waals surface area contributed by atoms with E-state index in [9.17, 15) is 14.9 Å². The lowest BCUT2D eigenvalue weighted by molar-refractivity contribution is -0.385. The molecule has 10 nitrogen and oxygen atoms in total. The first-order chi connectivity index (χ1) is 13.6. The number of carbonyl (C=O) groups excluding carboxylic acids is 1. The minimum atomic E-state index is -0.921. The van der Waals surface area contributed by atoms with Crippen LogP contribution in [0.25, 0.3) is 0 Å². The summed E-state index contributed by atoms with van der Waals surface area (Å²) in [6.45, 7) is 7.23. The van der Waals surface area contributed by atoms with Crippen LogP contribution >= 0.6 is 0 Å². The average molecular weight is 409 g/mol. The molecule has 1 aromatic rings. The number of hydrogen-bond donors (Lipinski definition) is 0. The fraction of sp³-hybridized carbons (Fsp3) is 0.632. The number of ether oxygens (including phenoxy) is 6. The highest BCUT2D eigenvalue weighted by Gasteiger charge is 2.60. The van der Waals surface area contributed by atoms with Crippen molar-refractivity contribution in [3.05, 3.63) is 39.9 Å². The minimum Gasteiger partial charge on any atom is -0.453 e. The summed E-state index contributed by atoms with van der Waals surface area (Å²) in [5.41, 5.74) is -0.489. The topological polar surface area (TPSA) is 116 Å². The Morgan fingerprint density at radius 3 is 2.48 bits per heavy atom. The number of nitrogens with zero attached hydrogens (tertiary/aromatic N) is 1. The fourth-order valence-electron chi connectivity index (χ4n) is 3.81. The van der Waals surface area contributed by atoms with Crippen LogP contribution < -0.4 is 0 Å². The van der Waals surface area contributed by atoms with Crippen molar-refractivity contribution in [2.45, 2.75) is 70.0 Å². The molecule has 5 atom stereocenters. The molecule has 3 fully saturated rings. The highest BCUT2D eigenvalue weighted by molar-refractivity contribution is 5.94. The molecule has 4 rings (SSSR count). The largest absolute Gasteiger partial charge is 0.453 e. The van der Waals surface area contributed by atoms with Gasteiger partial charge in [0.25, 0.3) is 5.69 Å². The van der Waals surface area contributed by atoms with Gasteiger partial charge in [-0.2, -0.15) is 0 Å². The molecule has 29 heavy (non-hydrogen) atoms. The van der Waals surface area contributed by atoms with Crippen LogP contribution in [0.4, 0.5) is 5.69 Å². The van der Waals surface area contributed by atoms with Gasteiger partial charge >= 0.3 is 5.97 Å². The van der Waals surface area contributed by atoms with Crippen molar-refractivity contribution < 1.29 is 38.1 Å². The van der Waals surface area contributed by atoms with Gasteiger partial charge in [-0.1, -0.05) is 12.1 Å². The Morgan fingerprint density at radius 1 is 1.10 bits per heavy atom. The van der Waals surface area contributed by atoms with Gasteiger partial charge in [0.15, 0.2) is 30.1 Å². The summed E-state index contributed by atoms with van der Waals surface area (Å²) in [7, 11) is 0. The standard InChI is InChI=1S/C19H23NO9/c1-18(2)24-9-12(27-18)13-14(15-17(26-13)29-19(3,4)28-15)25-16(21)10-7-5-6-8-11(10)20(22)23/h5-8,12-15,17H,9H2,1-4H3/t12-,13-,14+,15-,17-/m1/s1. The molecule has 10 heteroatoms. The summed E-state index contributed by atoms with van der Waals surface area (Å²) >= 11 is 0. The maximum Gasteiger partial charge on any atom is 0.345 e. The first-order valence-electron chi connectivity index (χ1n) is 9.34. The Labute approximate surface area is 167 Å². The minimum absolute atomic E-state index is 0.151. The molecule has 0 aliphatic carbocycles. The Balaban J connectivity index is 1.59. The lowest BCUT2D eigenvalue weighted by Gasteiger charge is -2.28. The molecule has 0 unspecified atom stereocenters. The molecular weight excluding hydrogens is 386 g/mol. The van der Waals surface area contributed by atoms with Crippen LogP contribution in [-0.4, -0.2) is 59.8 Å². The Kier molecular flexibility index (Phi) is 4.87. The average Bonchev–Trinajstić information content (AvgIpc) is 3.25. The molecule has 3 heterocycles.